The Labute approximate surface area is 182 Å². The molecule has 0 spiro atoms. The molecule has 1 aromatic rings. The molecule has 0 saturated carbocycles. The van der Waals surface area contributed by atoms with Gasteiger partial charge in [0.2, 0.25) is 5.91 Å². The van der Waals surface area contributed by atoms with E-state index >= 15 is 0 Å². The second-order valence-corrected chi connectivity index (χ2v) is 8.90. The predicted octanol–water partition coefficient (Wildman–Crippen LogP) is 2.02. The lowest BCUT2D eigenvalue weighted by molar-refractivity contribution is -0.323. The molecule has 0 radical (unpaired) electrons. The molecule has 3 aliphatic heterocycles. The topological polar surface area (TPSA) is 108 Å². The fourth-order valence-electron chi connectivity index (χ4n) is 5.26. The molecule has 0 aromatic heterocycles. The average Bonchev–Trinajstić information content (AvgIpc) is 2.99. The number of carbonyl (C=O) groups excluding carboxylic acids is 3. The third kappa shape index (κ3) is 4.12. The molecule has 8 nitrogen and oxygen atoms in total. The van der Waals surface area contributed by atoms with E-state index < -0.39 is 17.9 Å². The van der Waals surface area contributed by atoms with Crippen LogP contribution in [0.2, 0.25) is 0 Å². The van der Waals surface area contributed by atoms with Crippen LogP contribution in [0.25, 0.3) is 0 Å². The first-order valence-electron chi connectivity index (χ1n) is 11.2. The Hall–Kier alpha value is -2.29. The van der Waals surface area contributed by atoms with Crippen molar-refractivity contribution in [3.05, 3.63) is 29.8 Å². The Morgan fingerprint density at radius 2 is 1.97 bits per heavy atom. The van der Waals surface area contributed by atoms with E-state index in [1.165, 1.54) is 6.92 Å². The first-order valence-corrected chi connectivity index (χ1v) is 11.2. The number of carbonyl (C=O) groups is 3. The number of hydrogen-bond donors (Lipinski definition) is 3. The van der Waals surface area contributed by atoms with E-state index in [0.717, 1.165) is 30.5 Å². The van der Waals surface area contributed by atoms with Crippen molar-refractivity contribution in [3.63, 3.8) is 0 Å². The molecule has 0 aliphatic carbocycles. The molecule has 3 heterocycles. The molecule has 3 aliphatic rings. The highest BCUT2D eigenvalue weighted by Gasteiger charge is 2.54. The second kappa shape index (κ2) is 8.68. The fourth-order valence-corrected chi connectivity index (χ4v) is 5.26. The van der Waals surface area contributed by atoms with Crippen molar-refractivity contribution in [2.24, 2.45) is 0 Å². The van der Waals surface area contributed by atoms with Gasteiger partial charge in [-0.1, -0.05) is 31.5 Å². The number of benzene rings is 1. The molecule has 168 valence electrons. The van der Waals surface area contributed by atoms with E-state index in [2.05, 4.69) is 10.6 Å². The minimum Gasteiger partial charge on any atom is -0.370 e. The average molecular weight is 430 g/mol. The number of anilines is 1. The summed E-state index contributed by atoms with van der Waals surface area (Å²) in [4.78, 5) is 43.4. The summed E-state index contributed by atoms with van der Waals surface area (Å²) in [5.41, 5.74) is 0.221. The molecular weight excluding hydrogens is 398 g/mol. The van der Waals surface area contributed by atoms with E-state index in [1.54, 1.807) is 6.92 Å². The van der Waals surface area contributed by atoms with Gasteiger partial charge in [-0.3, -0.25) is 19.2 Å². The van der Waals surface area contributed by atoms with Gasteiger partial charge in [-0.25, -0.2) is 0 Å². The number of aliphatic hydroxyl groups excluding tert-OH is 1. The van der Waals surface area contributed by atoms with Crippen LogP contribution < -0.4 is 10.6 Å². The van der Waals surface area contributed by atoms with Crippen molar-refractivity contribution < 1.29 is 24.3 Å². The SMILES string of the molecule is CCC(=O)C(CC1(ON2C3CCCC2CC(=O)C3)c2ccccc2NC1O)NC(C)=O. The van der Waals surface area contributed by atoms with Crippen LogP contribution in [-0.4, -0.2) is 52.0 Å². The summed E-state index contributed by atoms with van der Waals surface area (Å²) in [7, 11) is 0. The van der Waals surface area contributed by atoms with Crippen molar-refractivity contribution in [2.75, 3.05) is 5.32 Å². The number of hydroxylamine groups is 2. The lowest BCUT2D eigenvalue weighted by atomic mass is 9.84. The lowest BCUT2D eigenvalue weighted by Gasteiger charge is -2.49. The Morgan fingerprint density at radius 1 is 1.29 bits per heavy atom. The predicted molar refractivity (Wildman–Crippen MR) is 114 cm³/mol. The zero-order chi connectivity index (χ0) is 22.2. The van der Waals surface area contributed by atoms with Crippen molar-refractivity contribution in [3.8, 4) is 0 Å². The highest BCUT2D eigenvalue weighted by atomic mass is 16.7. The zero-order valence-electron chi connectivity index (χ0n) is 18.1. The van der Waals surface area contributed by atoms with Crippen LogP contribution in [0.5, 0.6) is 0 Å². The van der Waals surface area contributed by atoms with Crippen LogP contribution in [0.4, 0.5) is 5.69 Å². The summed E-state index contributed by atoms with van der Waals surface area (Å²) in [5, 5.41) is 18.9. The van der Waals surface area contributed by atoms with Gasteiger partial charge in [0.05, 0.1) is 6.04 Å². The highest BCUT2D eigenvalue weighted by Crippen LogP contribution is 2.47. The number of aliphatic hydroxyl groups is 1. The monoisotopic (exact) mass is 429 g/mol. The Kier molecular flexibility index (Phi) is 6.14. The number of piperidine rings is 2. The third-order valence-electron chi connectivity index (χ3n) is 6.73. The Morgan fingerprint density at radius 3 is 2.61 bits per heavy atom. The number of nitrogens with one attached hydrogen (secondary N) is 2. The van der Waals surface area contributed by atoms with Crippen LogP contribution in [0.1, 0.15) is 64.4 Å². The van der Waals surface area contributed by atoms with Gasteiger partial charge in [0, 0.05) is 55.9 Å². The lowest BCUT2D eigenvalue weighted by Crippen LogP contribution is -2.59. The van der Waals surface area contributed by atoms with E-state index in [9.17, 15) is 19.5 Å². The summed E-state index contributed by atoms with van der Waals surface area (Å²) in [6, 6.07) is 6.59. The molecule has 1 aromatic carbocycles. The number of Topliss-reactive ketones (excluding diaryl/α,β-unsaturated/α-hetero) is 2. The van der Waals surface area contributed by atoms with Gasteiger partial charge in [-0.05, 0) is 18.9 Å². The summed E-state index contributed by atoms with van der Waals surface area (Å²) in [5.74, 6) is -0.189. The minimum absolute atomic E-state index is 0.0436. The Bertz CT molecular complexity index is 859. The van der Waals surface area contributed by atoms with Gasteiger partial charge in [0.1, 0.15) is 5.78 Å². The molecule has 2 fully saturated rings. The molecule has 31 heavy (non-hydrogen) atoms. The normalized spacial score (nSPS) is 30.9. The smallest absolute Gasteiger partial charge is 0.217 e. The number of amides is 1. The molecular formula is C23H31N3O5. The van der Waals surface area contributed by atoms with Crippen LogP contribution >= 0.6 is 0 Å². The standard InChI is InChI=1S/C23H31N3O5/c1-3-21(29)20(24-14(2)27)13-23(18-9-4-5-10-19(18)25-22(23)30)31-26-15-7-6-8-16(26)12-17(28)11-15/h4-5,9-10,15-16,20,22,25,30H,3,6-8,11-13H2,1-2H3,(H,24,27). The zero-order valence-corrected chi connectivity index (χ0v) is 18.1. The molecule has 8 heteroatoms. The van der Waals surface area contributed by atoms with Crippen molar-refractivity contribution in [1.29, 1.82) is 0 Å². The van der Waals surface area contributed by atoms with Gasteiger partial charge in [-0.2, -0.15) is 5.06 Å². The maximum absolute atomic E-state index is 12.7. The van der Waals surface area contributed by atoms with Crippen LogP contribution in [0.3, 0.4) is 0 Å². The number of rotatable bonds is 7. The summed E-state index contributed by atoms with van der Waals surface area (Å²) in [6.07, 6.45) is 2.85. The van der Waals surface area contributed by atoms with Gasteiger partial charge < -0.3 is 15.7 Å². The molecule has 5 unspecified atom stereocenters. The maximum Gasteiger partial charge on any atom is 0.217 e. The fraction of sp³-hybridized carbons (Fsp3) is 0.609. The van der Waals surface area contributed by atoms with Crippen LogP contribution in [-0.2, 0) is 24.8 Å². The van der Waals surface area contributed by atoms with E-state index in [-0.39, 0.29) is 42.4 Å². The number of hydrogen-bond acceptors (Lipinski definition) is 7. The Balaban J connectivity index is 1.73. The maximum atomic E-state index is 12.7. The number of nitrogens with zero attached hydrogens (tertiary/aromatic N) is 1. The quantitative estimate of drug-likeness (QED) is 0.609. The summed E-state index contributed by atoms with van der Waals surface area (Å²) in [6.45, 7) is 3.13. The molecule has 4 rings (SSSR count). The van der Waals surface area contributed by atoms with Gasteiger partial charge in [0.15, 0.2) is 17.6 Å². The molecule has 3 N–H and O–H groups in total. The van der Waals surface area contributed by atoms with E-state index in [0.29, 0.717) is 12.8 Å². The van der Waals surface area contributed by atoms with Gasteiger partial charge in [-0.15, -0.1) is 0 Å². The summed E-state index contributed by atoms with van der Waals surface area (Å²) >= 11 is 0. The number of para-hydroxylation sites is 1. The first-order chi connectivity index (χ1) is 14.8. The van der Waals surface area contributed by atoms with Crippen molar-refractivity contribution in [2.45, 2.75) is 88.7 Å². The largest absolute Gasteiger partial charge is 0.370 e. The number of ketones is 2. The highest BCUT2D eigenvalue weighted by molar-refractivity contribution is 5.88. The minimum atomic E-state index is -1.26. The molecule has 1 amide bonds. The van der Waals surface area contributed by atoms with Crippen LogP contribution in [0, 0.1) is 0 Å². The second-order valence-electron chi connectivity index (χ2n) is 8.90. The van der Waals surface area contributed by atoms with Crippen molar-refractivity contribution in [1.82, 2.24) is 10.4 Å². The summed E-state index contributed by atoms with van der Waals surface area (Å²) < 4.78 is 0. The number of fused-ring (bicyclic) bond motifs is 3. The third-order valence-corrected chi connectivity index (χ3v) is 6.73. The van der Waals surface area contributed by atoms with E-state index in [1.807, 2.05) is 29.3 Å². The van der Waals surface area contributed by atoms with Gasteiger partial charge in [0.25, 0.3) is 0 Å². The van der Waals surface area contributed by atoms with Crippen molar-refractivity contribution >= 4 is 23.2 Å². The van der Waals surface area contributed by atoms with Gasteiger partial charge >= 0.3 is 0 Å². The molecule has 5 atom stereocenters. The molecule has 2 saturated heterocycles. The first kappa shape index (κ1) is 21.9. The van der Waals surface area contributed by atoms with Crippen LogP contribution in [0.15, 0.2) is 24.3 Å². The molecule has 2 bridgehead atoms. The van der Waals surface area contributed by atoms with E-state index in [4.69, 9.17) is 4.84 Å².